The van der Waals surface area contributed by atoms with E-state index >= 15 is 0 Å². The van der Waals surface area contributed by atoms with Crippen LogP contribution in [-0.2, 0) is 0 Å². The summed E-state index contributed by atoms with van der Waals surface area (Å²) in [6.07, 6.45) is 0.0593. The predicted molar refractivity (Wildman–Crippen MR) is 98.1 cm³/mol. The molecular formula is C21H21F2NO3. The first-order chi connectivity index (χ1) is 12.8. The van der Waals surface area contributed by atoms with Gasteiger partial charge in [0, 0.05) is 31.5 Å². The van der Waals surface area contributed by atoms with E-state index in [0.717, 1.165) is 0 Å². The molecule has 0 radical (unpaired) electrons. The molecule has 6 heteroatoms. The minimum atomic E-state index is -2.65. The number of nitrogens with zero attached hydrogens (tertiary/aromatic N) is 1. The van der Waals surface area contributed by atoms with Crippen molar-refractivity contribution in [2.75, 3.05) is 7.05 Å². The highest BCUT2D eigenvalue weighted by Gasteiger charge is 2.37. The maximum absolute atomic E-state index is 13.4. The number of hydrogen-bond acceptors (Lipinski definition) is 2. The van der Waals surface area contributed by atoms with Crippen LogP contribution in [0.25, 0.3) is 11.1 Å². The van der Waals surface area contributed by atoms with Gasteiger partial charge in [0.2, 0.25) is 5.92 Å². The Morgan fingerprint density at radius 2 is 1.44 bits per heavy atom. The highest BCUT2D eigenvalue weighted by atomic mass is 19.3. The van der Waals surface area contributed by atoms with Crippen molar-refractivity contribution >= 4 is 11.9 Å². The minimum absolute atomic E-state index is 0.109. The first kappa shape index (κ1) is 19.0. The smallest absolute Gasteiger partial charge is 0.336 e. The Morgan fingerprint density at radius 3 is 2.00 bits per heavy atom. The second kappa shape index (κ2) is 7.47. The summed E-state index contributed by atoms with van der Waals surface area (Å²) in [4.78, 5) is 26.1. The zero-order chi connectivity index (χ0) is 19.6. The molecule has 1 amide bonds. The number of carboxylic acids is 1. The van der Waals surface area contributed by atoms with Crippen molar-refractivity contribution in [3.63, 3.8) is 0 Å². The molecule has 1 aliphatic carbocycles. The quantitative estimate of drug-likeness (QED) is 0.845. The van der Waals surface area contributed by atoms with Gasteiger partial charge in [-0.15, -0.1) is 0 Å². The molecule has 1 saturated carbocycles. The molecule has 142 valence electrons. The van der Waals surface area contributed by atoms with Gasteiger partial charge in [0.15, 0.2) is 0 Å². The highest BCUT2D eigenvalue weighted by Crippen LogP contribution is 2.36. The maximum atomic E-state index is 13.4. The zero-order valence-electron chi connectivity index (χ0n) is 15.0. The fourth-order valence-electron chi connectivity index (χ4n) is 3.58. The zero-order valence-corrected chi connectivity index (χ0v) is 15.0. The van der Waals surface area contributed by atoms with E-state index in [-0.39, 0.29) is 43.2 Å². The summed E-state index contributed by atoms with van der Waals surface area (Å²) >= 11 is 0. The van der Waals surface area contributed by atoms with Gasteiger partial charge >= 0.3 is 5.97 Å². The molecule has 4 nitrogen and oxygen atoms in total. The summed E-state index contributed by atoms with van der Waals surface area (Å²) in [5.41, 5.74) is 1.45. The normalized spacial score (nSPS) is 16.7. The van der Waals surface area contributed by atoms with Gasteiger partial charge in [-0.05, 0) is 36.1 Å². The number of carbonyl (C=O) groups excluding carboxylic acids is 1. The van der Waals surface area contributed by atoms with E-state index in [0.29, 0.717) is 16.7 Å². The van der Waals surface area contributed by atoms with Gasteiger partial charge in [-0.1, -0.05) is 36.4 Å². The number of benzene rings is 2. The van der Waals surface area contributed by atoms with Crippen LogP contribution in [0.4, 0.5) is 8.78 Å². The molecule has 1 N–H and O–H groups in total. The summed E-state index contributed by atoms with van der Waals surface area (Å²) in [5, 5.41) is 9.45. The Hall–Kier alpha value is -2.76. The van der Waals surface area contributed by atoms with Gasteiger partial charge in [-0.25, -0.2) is 13.6 Å². The molecule has 2 aromatic carbocycles. The SMILES string of the molecule is CN(C(=O)c1ccccc1-c1ccccc1C(=O)O)C1CCC(F)(F)CC1. The average Bonchev–Trinajstić information content (AvgIpc) is 2.67. The van der Waals surface area contributed by atoms with Crippen molar-refractivity contribution in [1.29, 1.82) is 0 Å². The van der Waals surface area contributed by atoms with E-state index < -0.39 is 11.9 Å². The summed E-state index contributed by atoms with van der Waals surface area (Å²) in [6.45, 7) is 0. The number of alkyl halides is 2. The Morgan fingerprint density at radius 1 is 0.963 bits per heavy atom. The van der Waals surface area contributed by atoms with Crippen molar-refractivity contribution in [1.82, 2.24) is 4.90 Å². The van der Waals surface area contributed by atoms with E-state index in [1.54, 1.807) is 49.5 Å². The van der Waals surface area contributed by atoms with E-state index in [4.69, 9.17) is 0 Å². The first-order valence-electron chi connectivity index (χ1n) is 8.87. The number of aromatic carboxylic acids is 1. The molecule has 3 rings (SSSR count). The molecule has 0 unspecified atom stereocenters. The fourth-order valence-corrected chi connectivity index (χ4v) is 3.58. The van der Waals surface area contributed by atoms with Crippen LogP contribution >= 0.6 is 0 Å². The average molecular weight is 373 g/mol. The lowest BCUT2D eigenvalue weighted by Crippen LogP contribution is -2.41. The van der Waals surface area contributed by atoms with Crippen LogP contribution in [0, 0.1) is 0 Å². The number of amides is 1. The monoisotopic (exact) mass is 373 g/mol. The van der Waals surface area contributed by atoms with E-state index in [1.807, 2.05) is 0 Å². The Kier molecular flexibility index (Phi) is 5.26. The summed E-state index contributed by atoms with van der Waals surface area (Å²) in [7, 11) is 1.62. The molecule has 1 fully saturated rings. The van der Waals surface area contributed by atoms with Crippen LogP contribution in [0.5, 0.6) is 0 Å². The minimum Gasteiger partial charge on any atom is -0.478 e. The van der Waals surface area contributed by atoms with E-state index in [9.17, 15) is 23.5 Å². The molecule has 27 heavy (non-hydrogen) atoms. The highest BCUT2D eigenvalue weighted by molar-refractivity contribution is 6.04. The number of hydrogen-bond donors (Lipinski definition) is 1. The summed E-state index contributed by atoms with van der Waals surface area (Å²) in [5.74, 6) is -4.02. The van der Waals surface area contributed by atoms with Crippen LogP contribution < -0.4 is 0 Å². The van der Waals surface area contributed by atoms with Crippen LogP contribution in [0.2, 0.25) is 0 Å². The third kappa shape index (κ3) is 3.99. The van der Waals surface area contributed by atoms with Crippen molar-refractivity contribution in [3.05, 3.63) is 59.7 Å². The fraction of sp³-hybridized carbons (Fsp3) is 0.333. The van der Waals surface area contributed by atoms with Crippen molar-refractivity contribution in [2.24, 2.45) is 0 Å². The van der Waals surface area contributed by atoms with Crippen molar-refractivity contribution < 1.29 is 23.5 Å². The molecule has 0 aromatic heterocycles. The lowest BCUT2D eigenvalue weighted by Gasteiger charge is -2.35. The molecule has 0 saturated heterocycles. The van der Waals surface area contributed by atoms with Crippen molar-refractivity contribution in [3.8, 4) is 11.1 Å². The van der Waals surface area contributed by atoms with Crippen LogP contribution in [-0.4, -0.2) is 40.9 Å². The second-order valence-electron chi connectivity index (χ2n) is 6.90. The molecule has 0 heterocycles. The van der Waals surface area contributed by atoms with E-state index in [2.05, 4.69) is 0 Å². The number of carboxylic acid groups (broad SMARTS) is 1. The lowest BCUT2D eigenvalue weighted by molar-refractivity contribution is -0.0490. The van der Waals surface area contributed by atoms with Gasteiger partial charge < -0.3 is 10.0 Å². The Bertz CT molecular complexity index is 856. The van der Waals surface area contributed by atoms with Gasteiger partial charge in [0.25, 0.3) is 5.91 Å². The molecule has 0 spiro atoms. The molecule has 0 aliphatic heterocycles. The molecule has 0 atom stereocenters. The number of rotatable bonds is 4. The first-order valence-corrected chi connectivity index (χ1v) is 8.87. The number of carbonyl (C=O) groups is 2. The third-order valence-corrected chi connectivity index (χ3v) is 5.16. The van der Waals surface area contributed by atoms with Crippen LogP contribution in [0.15, 0.2) is 48.5 Å². The molecule has 1 aliphatic rings. The van der Waals surface area contributed by atoms with Crippen LogP contribution in [0.3, 0.4) is 0 Å². The summed E-state index contributed by atoms with van der Waals surface area (Å²) in [6, 6.07) is 13.1. The van der Waals surface area contributed by atoms with Gasteiger partial charge in [0.05, 0.1) is 5.56 Å². The third-order valence-electron chi connectivity index (χ3n) is 5.16. The Balaban J connectivity index is 1.93. The van der Waals surface area contributed by atoms with Crippen molar-refractivity contribution in [2.45, 2.75) is 37.6 Å². The lowest BCUT2D eigenvalue weighted by atomic mass is 9.90. The molecular weight excluding hydrogens is 352 g/mol. The Labute approximate surface area is 156 Å². The van der Waals surface area contributed by atoms with Gasteiger partial charge in [-0.3, -0.25) is 4.79 Å². The maximum Gasteiger partial charge on any atom is 0.336 e. The number of halogens is 2. The topological polar surface area (TPSA) is 57.6 Å². The van der Waals surface area contributed by atoms with Gasteiger partial charge in [0.1, 0.15) is 0 Å². The van der Waals surface area contributed by atoms with E-state index in [1.165, 1.54) is 11.0 Å². The second-order valence-corrected chi connectivity index (χ2v) is 6.90. The predicted octanol–water partition coefficient (Wildman–Crippen LogP) is 4.70. The largest absolute Gasteiger partial charge is 0.478 e. The summed E-state index contributed by atoms with van der Waals surface area (Å²) < 4.78 is 26.8. The van der Waals surface area contributed by atoms with Gasteiger partial charge in [-0.2, -0.15) is 0 Å². The van der Waals surface area contributed by atoms with Crippen LogP contribution in [0.1, 0.15) is 46.4 Å². The molecule has 0 bridgehead atoms. The standard InChI is InChI=1S/C21H21F2NO3/c1-24(14-10-12-21(22,23)13-11-14)19(25)17-8-4-2-6-15(17)16-7-3-5-9-18(16)20(26)27/h2-9,14H,10-13H2,1H3,(H,26,27). The molecule has 2 aromatic rings.